The van der Waals surface area contributed by atoms with Gasteiger partial charge in [-0.05, 0) is 32.3 Å². The molecule has 2 rings (SSSR count). The van der Waals surface area contributed by atoms with E-state index in [-0.39, 0.29) is 12.7 Å². The highest BCUT2D eigenvalue weighted by Crippen LogP contribution is 2.31. The van der Waals surface area contributed by atoms with E-state index in [1.54, 1.807) is 25.1 Å². The quantitative estimate of drug-likeness (QED) is 0.814. The van der Waals surface area contributed by atoms with Crippen molar-refractivity contribution in [1.82, 2.24) is 0 Å². The summed E-state index contributed by atoms with van der Waals surface area (Å²) in [5, 5.41) is 9.95. The van der Waals surface area contributed by atoms with Crippen LogP contribution in [0.25, 0.3) is 0 Å². The highest BCUT2D eigenvalue weighted by molar-refractivity contribution is 5.77. The van der Waals surface area contributed by atoms with Crippen LogP contribution in [0.4, 0.5) is 0 Å². The molecule has 1 aliphatic carbocycles. The molecule has 98 valence electrons. The number of benzene rings is 1. The topological polar surface area (TPSA) is 55.8 Å². The Morgan fingerprint density at radius 1 is 1.44 bits per heavy atom. The summed E-state index contributed by atoms with van der Waals surface area (Å²) in [4.78, 5) is 11.5. The maximum atomic E-state index is 11.5. The van der Waals surface area contributed by atoms with Gasteiger partial charge in [0.1, 0.15) is 5.75 Å². The van der Waals surface area contributed by atoms with Gasteiger partial charge in [0.05, 0.1) is 12.7 Å². The van der Waals surface area contributed by atoms with Gasteiger partial charge in [-0.15, -0.1) is 0 Å². The summed E-state index contributed by atoms with van der Waals surface area (Å²) < 4.78 is 10.6. The Kier molecular flexibility index (Phi) is 4.20. The van der Waals surface area contributed by atoms with Crippen molar-refractivity contribution in [2.45, 2.75) is 38.4 Å². The zero-order chi connectivity index (χ0) is 13.0. The fourth-order valence-electron chi connectivity index (χ4n) is 1.83. The first kappa shape index (κ1) is 12.9. The molecule has 0 aliphatic heterocycles. The van der Waals surface area contributed by atoms with Crippen molar-refractivity contribution in [1.29, 1.82) is 0 Å². The van der Waals surface area contributed by atoms with Gasteiger partial charge in [0.2, 0.25) is 0 Å². The minimum absolute atomic E-state index is 0.209. The van der Waals surface area contributed by atoms with E-state index >= 15 is 0 Å². The molecule has 0 aromatic heterocycles. The molecule has 1 N–H and O–H groups in total. The van der Waals surface area contributed by atoms with Crippen LogP contribution in [0.2, 0.25) is 0 Å². The van der Waals surface area contributed by atoms with E-state index in [1.807, 2.05) is 6.07 Å². The van der Waals surface area contributed by atoms with E-state index in [1.165, 1.54) is 6.42 Å². The standard InChI is InChI=1S/C14H18O4/c1-2-17-14(16)13(15)11-8-3-4-9-12(11)18-10-6-5-7-10/h3-4,8-10,13,15H,2,5-7H2,1H3. The van der Waals surface area contributed by atoms with Gasteiger partial charge in [-0.2, -0.15) is 0 Å². The zero-order valence-electron chi connectivity index (χ0n) is 10.5. The van der Waals surface area contributed by atoms with Crippen LogP contribution in [-0.4, -0.2) is 23.8 Å². The number of para-hydroxylation sites is 1. The summed E-state index contributed by atoms with van der Waals surface area (Å²) in [7, 11) is 0. The number of aliphatic hydroxyl groups is 1. The summed E-state index contributed by atoms with van der Waals surface area (Å²) in [5.41, 5.74) is 0.475. The molecule has 4 heteroatoms. The number of carbonyl (C=O) groups excluding carboxylic acids is 1. The summed E-state index contributed by atoms with van der Waals surface area (Å²) in [5.74, 6) is -0.0649. The second-order valence-electron chi connectivity index (χ2n) is 4.36. The van der Waals surface area contributed by atoms with E-state index in [9.17, 15) is 9.90 Å². The molecular formula is C14H18O4. The van der Waals surface area contributed by atoms with Gasteiger partial charge >= 0.3 is 5.97 Å². The highest BCUT2D eigenvalue weighted by atomic mass is 16.5. The maximum absolute atomic E-state index is 11.5. The maximum Gasteiger partial charge on any atom is 0.339 e. The first-order valence-electron chi connectivity index (χ1n) is 6.32. The van der Waals surface area contributed by atoms with Crippen molar-refractivity contribution < 1.29 is 19.4 Å². The molecule has 1 aliphatic rings. The lowest BCUT2D eigenvalue weighted by Gasteiger charge is -2.28. The van der Waals surface area contributed by atoms with Crippen molar-refractivity contribution in [3.8, 4) is 5.75 Å². The molecule has 1 fully saturated rings. The molecular weight excluding hydrogens is 232 g/mol. The first-order valence-corrected chi connectivity index (χ1v) is 6.32. The molecule has 0 radical (unpaired) electrons. The van der Waals surface area contributed by atoms with E-state index < -0.39 is 12.1 Å². The molecule has 1 atom stereocenters. The van der Waals surface area contributed by atoms with E-state index in [4.69, 9.17) is 9.47 Å². The lowest BCUT2D eigenvalue weighted by Crippen LogP contribution is -2.26. The molecule has 0 amide bonds. The van der Waals surface area contributed by atoms with Crippen LogP contribution in [-0.2, 0) is 9.53 Å². The van der Waals surface area contributed by atoms with Crippen molar-refractivity contribution in [2.24, 2.45) is 0 Å². The second-order valence-corrected chi connectivity index (χ2v) is 4.36. The number of esters is 1. The summed E-state index contributed by atoms with van der Waals surface area (Å²) in [6, 6.07) is 7.06. The lowest BCUT2D eigenvalue weighted by molar-refractivity contribution is -0.153. The Hall–Kier alpha value is -1.55. The van der Waals surface area contributed by atoms with Crippen molar-refractivity contribution >= 4 is 5.97 Å². The molecule has 0 saturated heterocycles. The van der Waals surface area contributed by atoms with Gasteiger partial charge in [0, 0.05) is 5.56 Å². The van der Waals surface area contributed by atoms with Gasteiger partial charge < -0.3 is 14.6 Å². The number of aliphatic hydroxyl groups excluding tert-OH is 1. The van der Waals surface area contributed by atoms with E-state index in [2.05, 4.69) is 0 Å². The SMILES string of the molecule is CCOC(=O)C(O)c1ccccc1OC1CCC1. The third-order valence-electron chi connectivity index (χ3n) is 3.07. The molecule has 1 saturated carbocycles. The highest BCUT2D eigenvalue weighted by Gasteiger charge is 2.25. The third kappa shape index (κ3) is 2.82. The van der Waals surface area contributed by atoms with Gasteiger partial charge in [0.15, 0.2) is 6.10 Å². The predicted octanol–water partition coefficient (Wildman–Crippen LogP) is 2.21. The Bertz CT molecular complexity index is 412. The van der Waals surface area contributed by atoms with Crippen LogP contribution in [0.5, 0.6) is 5.75 Å². The third-order valence-corrected chi connectivity index (χ3v) is 3.07. The van der Waals surface area contributed by atoms with Crippen LogP contribution in [0.1, 0.15) is 37.9 Å². The molecule has 1 aromatic carbocycles. The molecule has 0 bridgehead atoms. The number of hydrogen-bond acceptors (Lipinski definition) is 4. The number of hydrogen-bond donors (Lipinski definition) is 1. The minimum atomic E-state index is -1.28. The van der Waals surface area contributed by atoms with Crippen molar-refractivity contribution in [2.75, 3.05) is 6.61 Å². The fourth-order valence-corrected chi connectivity index (χ4v) is 1.83. The first-order chi connectivity index (χ1) is 8.72. The Balaban J connectivity index is 2.12. The van der Waals surface area contributed by atoms with Gasteiger partial charge in [0.25, 0.3) is 0 Å². The van der Waals surface area contributed by atoms with Gasteiger partial charge in [-0.1, -0.05) is 18.2 Å². The lowest BCUT2D eigenvalue weighted by atomic mass is 9.96. The van der Waals surface area contributed by atoms with Gasteiger partial charge in [-0.25, -0.2) is 4.79 Å². The Morgan fingerprint density at radius 3 is 2.78 bits per heavy atom. The van der Waals surface area contributed by atoms with Crippen LogP contribution >= 0.6 is 0 Å². The Labute approximate surface area is 107 Å². The van der Waals surface area contributed by atoms with Crippen LogP contribution in [0, 0.1) is 0 Å². The normalized spacial score (nSPS) is 16.8. The van der Waals surface area contributed by atoms with Crippen LogP contribution in [0.3, 0.4) is 0 Å². The average molecular weight is 250 g/mol. The van der Waals surface area contributed by atoms with Gasteiger partial charge in [-0.3, -0.25) is 0 Å². The smallest absolute Gasteiger partial charge is 0.339 e. The summed E-state index contributed by atoms with van der Waals surface area (Å²) in [6.45, 7) is 1.96. The largest absolute Gasteiger partial charge is 0.490 e. The van der Waals surface area contributed by atoms with Crippen LogP contribution < -0.4 is 4.74 Å². The number of ether oxygens (including phenoxy) is 2. The molecule has 1 unspecified atom stereocenters. The molecule has 4 nitrogen and oxygen atoms in total. The zero-order valence-corrected chi connectivity index (χ0v) is 10.5. The minimum Gasteiger partial charge on any atom is -0.490 e. The summed E-state index contributed by atoms with van der Waals surface area (Å²) in [6.07, 6.45) is 2.17. The Morgan fingerprint density at radius 2 is 2.17 bits per heavy atom. The predicted molar refractivity (Wildman–Crippen MR) is 66.3 cm³/mol. The van der Waals surface area contributed by atoms with E-state index in [0.29, 0.717) is 11.3 Å². The molecule has 0 spiro atoms. The monoisotopic (exact) mass is 250 g/mol. The average Bonchev–Trinajstić information content (AvgIpc) is 2.34. The molecule has 1 aromatic rings. The van der Waals surface area contributed by atoms with Crippen molar-refractivity contribution in [3.63, 3.8) is 0 Å². The second kappa shape index (κ2) is 5.87. The van der Waals surface area contributed by atoms with Crippen LogP contribution in [0.15, 0.2) is 24.3 Å². The van der Waals surface area contributed by atoms with Crippen molar-refractivity contribution in [3.05, 3.63) is 29.8 Å². The van der Waals surface area contributed by atoms with E-state index in [0.717, 1.165) is 12.8 Å². The fraction of sp³-hybridized carbons (Fsp3) is 0.500. The summed E-state index contributed by atoms with van der Waals surface area (Å²) >= 11 is 0. The molecule has 18 heavy (non-hydrogen) atoms. The number of carbonyl (C=O) groups is 1. The number of rotatable bonds is 5. The molecule has 0 heterocycles.